The first-order valence-corrected chi connectivity index (χ1v) is 5.92. The summed E-state index contributed by atoms with van der Waals surface area (Å²) < 4.78 is 15.4. The number of nitrogens with two attached hydrogens (primary N) is 1. The van der Waals surface area contributed by atoms with E-state index in [-0.39, 0.29) is 5.95 Å². The zero-order chi connectivity index (χ0) is 13.4. The summed E-state index contributed by atoms with van der Waals surface area (Å²) >= 11 is 0. The highest BCUT2D eigenvalue weighted by atomic mass is 19.1. The van der Waals surface area contributed by atoms with E-state index < -0.39 is 0 Å². The van der Waals surface area contributed by atoms with E-state index in [0.29, 0.717) is 28.9 Å². The predicted molar refractivity (Wildman–Crippen MR) is 70.8 cm³/mol. The standard InChI is InChI=1S/C13H12FN5/c1-2-19-12(14)10(6-18-19)8-3-4-11-9(5-8)13(15)17-7-16-11/h3-7H,2H2,1H3,(H2,15,16,17). The lowest BCUT2D eigenvalue weighted by Gasteiger charge is -2.03. The van der Waals surface area contributed by atoms with Gasteiger partial charge in [0.05, 0.1) is 17.3 Å². The van der Waals surface area contributed by atoms with Gasteiger partial charge in [-0.2, -0.15) is 9.49 Å². The van der Waals surface area contributed by atoms with Gasteiger partial charge in [-0.1, -0.05) is 6.07 Å². The lowest BCUT2D eigenvalue weighted by Crippen LogP contribution is -1.99. The quantitative estimate of drug-likeness (QED) is 0.764. The molecular weight excluding hydrogens is 245 g/mol. The molecule has 19 heavy (non-hydrogen) atoms. The van der Waals surface area contributed by atoms with Gasteiger partial charge in [0, 0.05) is 11.9 Å². The highest BCUT2D eigenvalue weighted by Crippen LogP contribution is 2.27. The Hall–Kier alpha value is -2.50. The van der Waals surface area contributed by atoms with Crippen LogP contribution in [0.3, 0.4) is 0 Å². The highest BCUT2D eigenvalue weighted by Gasteiger charge is 2.12. The second-order valence-corrected chi connectivity index (χ2v) is 4.16. The largest absolute Gasteiger partial charge is 0.383 e. The third kappa shape index (κ3) is 1.81. The third-order valence-electron chi connectivity index (χ3n) is 3.05. The summed E-state index contributed by atoms with van der Waals surface area (Å²) in [5.74, 6) is 0.0346. The molecule has 0 atom stereocenters. The van der Waals surface area contributed by atoms with E-state index in [9.17, 15) is 4.39 Å². The van der Waals surface area contributed by atoms with Gasteiger partial charge in [0.25, 0.3) is 0 Å². The first-order chi connectivity index (χ1) is 9.20. The molecule has 5 nitrogen and oxygen atoms in total. The fourth-order valence-corrected chi connectivity index (χ4v) is 2.03. The van der Waals surface area contributed by atoms with Gasteiger partial charge in [-0.15, -0.1) is 0 Å². The van der Waals surface area contributed by atoms with Crippen LogP contribution in [0.5, 0.6) is 0 Å². The van der Waals surface area contributed by atoms with E-state index in [0.717, 1.165) is 5.52 Å². The van der Waals surface area contributed by atoms with Gasteiger partial charge < -0.3 is 5.73 Å². The molecular formula is C13H12FN5. The molecule has 2 N–H and O–H groups in total. The van der Waals surface area contributed by atoms with E-state index in [1.54, 1.807) is 18.2 Å². The van der Waals surface area contributed by atoms with Crippen molar-refractivity contribution in [2.75, 3.05) is 5.73 Å². The van der Waals surface area contributed by atoms with Crippen LogP contribution in [-0.4, -0.2) is 19.7 Å². The molecule has 0 aliphatic carbocycles. The minimum Gasteiger partial charge on any atom is -0.383 e. The van der Waals surface area contributed by atoms with Gasteiger partial charge in [0.1, 0.15) is 12.1 Å². The first-order valence-electron chi connectivity index (χ1n) is 5.92. The first kappa shape index (κ1) is 11.6. The molecule has 2 heterocycles. The second kappa shape index (κ2) is 4.31. The molecule has 2 aromatic heterocycles. The maximum absolute atomic E-state index is 14.1. The molecule has 0 saturated heterocycles. The minimum atomic E-state index is -0.350. The third-order valence-corrected chi connectivity index (χ3v) is 3.05. The number of aryl methyl sites for hydroxylation is 1. The van der Waals surface area contributed by atoms with Crippen molar-refractivity contribution in [2.24, 2.45) is 0 Å². The molecule has 0 unspecified atom stereocenters. The van der Waals surface area contributed by atoms with Crippen molar-refractivity contribution in [3.63, 3.8) is 0 Å². The highest BCUT2D eigenvalue weighted by molar-refractivity contribution is 5.91. The maximum atomic E-state index is 14.1. The molecule has 0 fully saturated rings. The Bertz CT molecular complexity index is 750. The predicted octanol–water partition coefficient (Wildman–Crippen LogP) is 2.23. The van der Waals surface area contributed by atoms with Gasteiger partial charge in [0.2, 0.25) is 5.95 Å². The molecule has 0 saturated carbocycles. The van der Waals surface area contributed by atoms with Crippen LogP contribution >= 0.6 is 0 Å². The Morgan fingerprint density at radius 3 is 2.89 bits per heavy atom. The van der Waals surface area contributed by atoms with Crippen molar-refractivity contribution in [2.45, 2.75) is 13.5 Å². The average molecular weight is 257 g/mol. The molecule has 3 aromatic rings. The zero-order valence-corrected chi connectivity index (χ0v) is 10.3. The van der Waals surface area contributed by atoms with Gasteiger partial charge in [-0.3, -0.25) is 0 Å². The summed E-state index contributed by atoms with van der Waals surface area (Å²) in [4.78, 5) is 8.05. The van der Waals surface area contributed by atoms with E-state index in [4.69, 9.17) is 5.73 Å². The van der Waals surface area contributed by atoms with Crippen molar-refractivity contribution in [1.82, 2.24) is 19.7 Å². The topological polar surface area (TPSA) is 69.6 Å². The smallest absolute Gasteiger partial charge is 0.219 e. The van der Waals surface area contributed by atoms with Crippen LogP contribution in [-0.2, 0) is 6.54 Å². The summed E-state index contributed by atoms with van der Waals surface area (Å²) in [7, 11) is 0. The summed E-state index contributed by atoms with van der Waals surface area (Å²) in [6.45, 7) is 2.33. The minimum absolute atomic E-state index is 0.350. The van der Waals surface area contributed by atoms with Gasteiger partial charge in [0.15, 0.2) is 0 Å². The van der Waals surface area contributed by atoms with Crippen molar-refractivity contribution < 1.29 is 4.39 Å². The summed E-state index contributed by atoms with van der Waals surface area (Å²) in [6.07, 6.45) is 2.92. The van der Waals surface area contributed by atoms with Crippen LogP contribution in [0.1, 0.15) is 6.92 Å². The van der Waals surface area contributed by atoms with E-state index in [1.807, 2.05) is 6.92 Å². The number of nitrogens with zero attached hydrogens (tertiary/aromatic N) is 4. The number of nitrogen functional groups attached to an aromatic ring is 1. The van der Waals surface area contributed by atoms with Crippen molar-refractivity contribution in [3.05, 3.63) is 36.7 Å². The van der Waals surface area contributed by atoms with E-state index in [1.165, 1.54) is 17.2 Å². The average Bonchev–Trinajstić information content (AvgIpc) is 2.80. The number of halogens is 1. The zero-order valence-electron chi connectivity index (χ0n) is 10.3. The van der Waals surface area contributed by atoms with Crippen molar-refractivity contribution in [3.8, 4) is 11.1 Å². The Morgan fingerprint density at radius 1 is 1.32 bits per heavy atom. The Labute approximate surface area is 108 Å². The molecule has 0 aliphatic rings. The Morgan fingerprint density at radius 2 is 2.16 bits per heavy atom. The molecule has 0 spiro atoms. The SMILES string of the molecule is CCn1ncc(-c2ccc3ncnc(N)c3c2)c1F. The Kier molecular flexibility index (Phi) is 2.63. The number of hydrogen-bond acceptors (Lipinski definition) is 4. The number of aromatic nitrogens is 4. The molecule has 0 bridgehead atoms. The maximum Gasteiger partial charge on any atom is 0.219 e. The molecule has 0 aliphatic heterocycles. The van der Waals surface area contributed by atoms with Crippen LogP contribution in [0.2, 0.25) is 0 Å². The van der Waals surface area contributed by atoms with Gasteiger partial charge >= 0.3 is 0 Å². The van der Waals surface area contributed by atoms with Gasteiger partial charge in [-0.25, -0.2) is 14.6 Å². The fourth-order valence-electron chi connectivity index (χ4n) is 2.03. The second-order valence-electron chi connectivity index (χ2n) is 4.16. The van der Waals surface area contributed by atoms with Crippen LogP contribution in [0.25, 0.3) is 22.0 Å². The monoisotopic (exact) mass is 257 g/mol. The van der Waals surface area contributed by atoms with Crippen LogP contribution < -0.4 is 5.73 Å². The van der Waals surface area contributed by atoms with Crippen molar-refractivity contribution in [1.29, 1.82) is 0 Å². The number of fused-ring (bicyclic) bond motifs is 1. The lowest BCUT2D eigenvalue weighted by molar-refractivity contribution is 0.473. The number of anilines is 1. The molecule has 0 radical (unpaired) electrons. The van der Waals surface area contributed by atoms with Crippen LogP contribution in [0, 0.1) is 5.95 Å². The van der Waals surface area contributed by atoms with Crippen molar-refractivity contribution >= 4 is 16.7 Å². The molecule has 3 rings (SSSR count). The molecule has 6 heteroatoms. The fraction of sp³-hybridized carbons (Fsp3) is 0.154. The molecule has 1 aromatic carbocycles. The number of benzene rings is 1. The Balaban J connectivity index is 2.20. The normalized spacial score (nSPS) is 11.1. The summed E-state index contributed by atoms with van der Waals surface area (Å²) in [6, 6.07) is 5.38. The number of hydrogen-bond donors (Lipinski definition) is 1. The van der Waals surface area contributed by atoms with E-state index in [2.05, 4.69) is 15.1 Å². The summed E-state index contributed by atoms with van der Waals surface area (Å²) in [5.41, 5.74) is 7.71. The van der Waals surface area contributed by atoms with E-state index >= 15 is 0 Å². The van der Waals surface area contributed by atoms with Gasteiger partial charge in [-0.05, 0) is 24.6 Å². The van der Waals surface area contributed by atoms with Crippen LogP contribution in [0.15, 0.2) is 30.7 Å². The summed E-state index contributed by atoms with van der Waals surface area (Å²) in [5, 5.41) is 4.70. The number of rotatable bonds is 2. The lowest BCUT2D eigenvalue weighted by atomic mass is 10.1. The molecule has 96 valence electrons. The molecule has 0 amide bonds. The van der Waals surface area contributed by atoms with Crippen LogP contribution in [0.4, 0.5) is 10.2 Å².